The zero-order chi connectivity index (χ0) is 19.1. The molecule has 0 unspecified atom stereocenters. The van der Waals surface area contributed by atoms with Crippen LogP contribution in [0.4, 0.5) is 10.7 Å². The van der Waals surface area contributed by atoms with Crippen molar-refractivity contribution in [3.63, 3.8) is 0 Å². The molecule has 2 heterocycles. The lowest BCUT2D eigenvalue weighted by Gasteiger charge is -2.12. The van der Waals surface area contributed by atoms with Gasteiger partial charge >= 0.3 is 0 Å². The molecule has 0 saturated heterocycles. The van der Waals surface area contributed by atoms with E-state index in [0.29, 0.717) is 10.6 Å². The molecule has 4 aromatic rings. The van der Waals surface area contributed by atoms with E-state index in [0.717, 1.165) is 45.9 Å². The number of nitrogens with zero attached hydrogens (tertiary/aromatic N) is 2. The Bertz CT molecular complexity index is 1160. The van der Waals surface area contributed by atoms with Gasteiger partial charge in [0.15, 0.2) is 0 Å². The quantitative estimate of drug-likeness (QED) is 0.543. The van der Waals surface area contributed by atoms with Crippen molar-refractivity contribution in [3.05, 3.63) is 83.7 Å². The van der Waals surface area contributed by atoms with Crippen molar-refractivity contribution < 1.29 is 4.79 Å². The molecule has 0 atom stereocenters. The highest BCUT2D eigenvalue weighted by molar-refractivity contribution is 7.20. The summed E-state index contributed by atoms with van der Waals surface area (Å²) in [6.07, 6.45) is 3.60. The van der Waals surface area contributed by atoms with E-state index < -0.39 is 0 Å². The van der Waals surface area contributed by atoms with E-state index in [4.69, 9.17) is 10.8 Å². The Hall–Kier alpha value is -3.38. The van der Waals surface area contributed by atoms with E-state index in [-0.39, 0.29) is 5.91 Å². The summed E-state index contributed by atoms with van der Waals surface area (Å²) < 4.78 is 1.90. The van der Waals surface area contributed by atoms with Crippen LogP contribution in [0.2, 0.25) is 0 Å². The van der Waals surface area contributed by atoms with Crippen LogP contribution in [0, 0.1) is 0 Å². The molecule has 3 N–H and O–H groups in total. The fourth-order valence-electron chi connectivity index (χ4n) is 3.65. The lowest BCUT2D eigenvalue weighted by molar-refractivity contribution is 0.102. The number of benzene rings is 2. The predicted molar refractivity (Wildman–Crippen MR) is 113 cm³/mol. The topological polar surface area (TPSA) is 72.9 Å². The second-order valence-corrected chi connectivity index (χ2v) is 7.79. The number of amides is 1. The van der Waals surface area contributed by atoms with Crippen LogP contribution in [-0.4, -0.2) is 15.7 Å². The summed E-state index contributed by atoms with van der Waals surface area (Å²) in [5, 5.41) is 8.26. The number of hydrogen-bond donors (Lipinski definition) is 2. The molecule has 0 aliphatic heterocycles. The lowest BCUT2D eigenvalue weighted by atomic mass is 9.94. The Morgan fingerprint density at radius 3 is 2.50 bits per heavy atom. The van der Waals surface area contributed by atoms with E-state index in [1.807, 2.05) is 71.5 Å². The first-order valence-corrected chi connectivity index (χ1v) is 9.94. The van der Waals surface area contributed by atoms with Crippen molar-refractivity contribution in [2.45, 2.75) is 12.8 Å². The van der Waals surface area contributed by atoms with Gasteiger partial charge in [-0.1, -0.05) is 36.4 Å². The molecule has 1 aliphatic rings. The van der Waals surface area contributed by atoms with Crippen LogP contribution < -0.4 is 11.1 Å². The minimum Gasteiger partial charge on any atom is -0.390 e. The minimum atomic E-state index is -0.153. The van der Waals surface area contributed by atoms with Crippen LogP contribution in [0.15, 0.2) is 66.9 Å². The van der Waals surface area contributed by atoms with E-state index in [2.05, 4.69) is 5.32 Å². The molecule has 2 aromatic heterocycles. The third kappa shape index (κ3) is 2.78. The molecule has 2 aromatic carbocycles. The summed E-state index contributed by atoms with van der Waals surface area (Å²) in [6, 6.07) is 19.5. The zero-order valence-corrected chi connectivity index (χ0v) is 15.9. The third-order valence-corrected chi connectivity index (χ3v) is 6.06. The number of nitrogen functional groups attached to an aromatic ring is 1. The van der Waals surface area contributed by atoms with Gasteiger partial charge in [-0.2, -0.15) is 5.10 Å². The molecule has 1 aliphatic carbocycles. The third-order valence-electron chi connectivity index (χ3n) is 4.96. The van der Waals surface area contributed by atoms with E-state index >= 15 is 0 Å². The molecule has 138 valence electrons. The standard InChI is InChI=1S/C22H18N4OS/c23-21-19(22(27)24-14-7-3-1-4-8-14)16-11-12-18-17(20(16)28-21)13-26(25-18)15-9-5-2-6-10-15/h1-10,13H,11-12,23H2,(H,24,27). The molecular formula is C22H18N4OS. The predicted octanol–water partition coefficient (Wildman–Crippen LogP) is 4.53. The zero-order valence-electron chi connectivity index (χ0n) is 15.1. The van der Waals surface area contributed by atoms with Gasteiger partial charge in [0, 0.05) is 22.3 Å². The number of anilines is 2. The monoisotopic (exact) mass is 386 g/mol. The van der Waals surface area contributed by atoms with Gasteiger partial charge in [0.25, 0.3) is 5.91 Å². The molecule has 1 amide bonds. The number of rotatable bonds is 3. The van der Waals surface area contributed by atoms with Crippen molar-refractivity contribution >= 4 is 27.9 Å². The van der Waals surface area contributed by atoms with Crippen LogP contribution in [-0.2, 0) is 12.8 Å². The molecule has 0 radical (unpaired) electrons. The molecule has 0 saturated carbocycles. The number of hydrogen-bond acceptors (Lipinski definition) is 4. The Kier molecular flexibility index (Phi) is 3.98. The fourth-order valence-corrected chi connectivity index (χ4v) is 4.79. The first-order valence-electron chi connectivity index (χ1n) is 9.12. The number of thiophene rings is 1. The van der Waals surface area contributed by atoms with Crippen molar-refractivity contribution in [1.29, 1.82) is 0 Å². The van der Waals surface area contributed by atoms with Crippen molar-refractivity contribution in [3.8, 4) is 16.1 Å². The van der Waals surface area contributed by atoms with Gasteiger partial charge in [0.2, 0.25) is 0 Å². The molecule has 5 nitrogen and oxygen atoms in total. The molecule has 0 spiro atoms. The molecule has 5 rings (SSSR count). The largest absolute Gasteiger partial charge is 0.390 e. The average molecular weight is 386 g/mol. The summed E-state index contributed by atoms with van der Waals surface area (Å²) in [7, 11) is 0. The Balaban J connectivity index is 1.53. The summed E-state index contributed by atoms with van der Waals surface area (Å²) in [4.78, 5) is 14.0. The van der Waals surface area contributed by atoms with E-state index in [1.54, 1.807) is 0 Å². The molecular weight excluding hydrogens is 368 g/mol. The Morgan fingerprint density at radius 1 is 1.04 bits per heavy atom. The number of nitrogens with two attached hydrogens (primary N) is 1. The van der Waals surface area contributed by atoms with Crippen molar-refractivity contribution in [1.82, 2.24) is 9.78 Å². The second kappa shape index (κ2) is 6.65. The second-order valence-electron chi connectivity index (χ2n) is 6.74. The molecule has 0 bridgehead atoms. The smallest absolute Gasteiger partial charge is 0.258 e. The van der Waals surface area contributed by atoms with Gasteiger partial charge in [-0.15, -0.1) is 11.3 Å². The summed E-state index contributed by atoms with van der Waals surface area (Å²) in [6.45, 7) is 0. The van der Waals surface area contributed by atoms with Crippen LogP contribution in [0.3, 0.4) is 0 Å². The first-order chi connectivity index (χ1) is 13.7. The van der Waals surface area contributed by atoms with Crippen molar-refractivity contribution in [2.24, 2.45) is 0 Å². The number of para-hydroxylation sites is 2. The Labute approximate surface area is 166 Å². The molecule has 28 heavy (non-hydrogen) atoms. The summed E-state index contributed by atoms with van der Waals surface area (Å²) in [5.74, 6) is -0.153. The minimum absolute atomic E-state index is 0.153. The number of aryl methyl sites for hydroxylation is 1. The lowest BCUT2D eigenvalue weighted by Crippen LogP contribution is -2.16. The fraction of sp³-hybridized carbons (Fsp3) is 0.0909. The van der Waals surface area contributed by atoms with E-state index in [1.165, 1.54) is 11.3 Å². The maximum Gasteiger partial charge on any atom is 0.258 e. The van der Waals surface area contributed by atoms with Gasteiger partial charge in [-0.3, -0.25) is 4.79 Å². The molecule has 6 heteroatoms. The van der Waals surface area contributed by atoms with Crippen LogP contribution in [0.1, 0.15) is 21.6 Å². The van der Waals surface area contributed by atoms with Gasteiger partial charge in [-0.25, -0.2) is 4.68 Å². The number of nitrogens with one attached hydrogen (secondary N) is 1. The van der Waals surface area contributed by atoms with Crippen LogP contribution in [0.25, 0.3) is 16.1 Å². The SMILES string of the molecule is Nc1sc2c(c1C(=O)Nc1ccccc1)CCc1nn(-c3ccccc3)cc1-2. The van der Waals surface area contributed by atoms with E-state index in [9.17, 15) is 4.79 Å². The van der Waals surface area contributed by atoms with Gasteiger partial charge in [0.05, 0.1) is 21.9 Å². The molecule has 0 fully saturated rings. The first kappa shape index (κ1) is 16.8. The average Bonchev–Trinajstić information content (AvgIpc) is 3.30. The maximum absolute atomic E-state index is 12.9. The highest BCUT2D eigenvalue weighted by Crippen LogP contribution is 2.44. The number of carbonyl (C=O) groups is 1. The van der Waals surface area contributed by atoms with Gasteiger partial charge in [0.1, 0.15) is 0 Å². The summed E-state index contributed by atoms with van der Waals surface area (Å²) in [5.41, 5.74) is 11.8. The van der Waals surface area contributed by atoms with Gasteiger partial charge in [-0.05, 0) is 42.7 Å². The number of carbonyl (C=O) groups excluding carboxylic acids is 1. The normalized spacial score (nSPS) is 12.3. The number of aromatic nitrogens is 2. The maximum atomic E-state index is 12.9. The highest BCUT2D eigenvalue weighted by atomic mass is 32.1. The van der Waals surface area contributed by atoms with Crippen LogP contribution in [0.5, 0.6) is 0 Å². The van der Waals surface area contributed by atoms with Crippen LogP contribution >= 0.6 is 11.3 Å². The Morgan fingerprint density at radius 2 is 1.75 bits per heavy atom. The van der Waals surface area contributed by atoms with Crippen molar-refractivity contribution in [2.75, 3.05) is 11.1 Å². The summed E-state index contributed by atoms with van der Waals surface area (Å²) >= 11 is 1.47. The number of fused-ring (bicyclic) bond motifs is 3. The van der Waals surface area contributed by atoms with Gasteiger partial charge < -0.3 is 11.1 Å². The highest BCUT2D eigenvalue weighted by Gasteiger charge is 2.29.